The lowest BCUT2D eigenvalue weighted by Gasteiger charge is -2.09. The summed E-state index contributed by atoms with van der Waals surface area (Å²) in [5, 5.41) is 5.97. The molecule has 2 heterocycles. The Hall–Kier alpha value is -4.26. The highest BCUT2D eigenvalue weighted by molar-refractivity contribution is 6.03. The predicted molar refractivity (Wildman–Crippen MR) is 115 cm³/mol. The molecular formula is C23H19N5O2. The number of rotatable bonds is 7. The van der Waals surface area contributed by atoms with E-state index in [0.29, 0.717) is 23.8 Å². The maximum atomic E-state index is 12.5. The SMILES string of the molecule is O=C(Nc1ccc(Oc2ccccc2)cc1)c1cc(NCc2ccccn2)ncn1. The number of ether oxygens (including phenoxy) is 1. The van der Waals surface area contributed by atoms with E-state index in [4.69, 9.17) is 4.74 Å². The molecule has 0 bridgehead atoms. The molecule has 2 aromatic heterocycles. The van der Waals surface area contributed by atoms with E-state index < -0.39 is 0 Å². The van der Waals surface area contributed by atoms with Crippen LogP contribution in [0.3, 0.4) is 0 Å². The fourth-order valence-electron chi connectivity index (χ4n) is 2.69. The molecule has 0 saturated heterocycles. The summed E-state index contributed by atoms with van der Waals surface area (Å²) in [5.74, 6) is 1.66. The normalized spacial score (nSPS) is 10.3. The summed E-state index contributed by atoms with van der Waals surface area (Å²) < 4.78 is 5.76. The van der Waals surface area contributed by atoms with Crippen LogP contribution in [0, 0.1) is 0 Å². The lowest BCUT2D eigenvalue weighted by atomic mass is 10.2. The van der Waals surface area contributed by atoms with E-state index in [2.05, 4.69) is 25.6 Å². The molecule has 4 rings (SSSR count). The fourth-order valence-corrected chi connectivity index (χ4v) is 2.69. The van der Waals surface area contributed by atoms with E-state index in [0.717, 1.165) is 11.4 Å². The molecule has 0 atom stereocenters. The number of benzene rings is 2. The summed E-state index contributed by atoms with van der Waals surface area (Å²) in [6.07, 6.45) is 3.08. The van der Waals surface area contributed by atoms with Gasteiger partial charge in [-0.25, -0.2) is 9.97 Å². The standard InChI is InChI=1S/C23H19N5O2/c29-23(21-14-22(27-16-26-21)25-15-18-6-4-5-13-24-18)28-17-9-11-20(12-10-17)30-19-7-2-1-3-8-19/h1-14,16H,15H2,(H,28,29)(H,25,26,27). The highest BCUT2D eigenvalue weighted by Crippen LogP contribution is 2.22. The van der Waals surface area contributed by atoms with E-state index in [1.54, 1.807) is 36.5 Å². The van der Waals surface area contributed by atoms with Crippen LogP contribution in [0.2, 0.25) is 0 Å². The fraction of sp³-hybridized carbons (Fsp3) is 0.0435. The van der Waals surface area contributed by atoms with Gasteiger partial charge in [0.2, 0.25) is 0 Å². The zero-order valence-corrected chi connectivity index (χ0v) is 16.0. The van der Waals surface area contributed by atoms with Gasteiger partial charge in [0.25, 0.3) is 5.91 Å². The van der Waals surface area contributed by atoms with Crippen LogP contribution in [0.15, 0.2) is 91.4 Å². The van der Waals surface area contributed by atoms with Crippen molar-refractivity contribution in [3.63, 3.8) is 0 Å². The average molecular weight is 397 g/mol. The Labute approximate surface area is 173 Å². The Morgan fingerprint density at radius 2 is 1.60 bits per heavy atom. The van der Waals surface area contributed by atoms with Crippen LogP contribution in [0.5, 0.6) is 11.5 Å². The van der Waals surface area contributed by atoms with Crippen molar-refractivity contribution >= 4 is 17.4 Å². The molecule has 0 aliphatic rings. The van der Waals surface area contributed by atoms with Gasteiger partial charge in [0.05, 0.1) is 12.2 Å². The first kappa shape index (κ1) is 19.1. The van der Waals surface area contributed by atoms with Crippen LogP contribution >= 0.6 is 0 Å². The largest absolute Gasteiger partial charge is 0.457 e. The van der Waals surface area contributed by atoms with Crippen molar-refractivity contribution in [3.8, 4) is 11.5 Å². The molecule has 148 valence electrons. The van der Waals surface area contributed by atoms with E-state index in [1.807, 2.05) is 48.5 Å². The van der Waals surface area contributed by atoms with Crippen LogP contribution < -0.4 is 15.4 Å². The predicted octanol–water partition coefficient (Wildman–Crippen LogP) is 4.53. The summed E-state index contributed by atoms with van der Waals surface area (Å²) in [6.45, 7) is 0.502. The van der Waals surface area contributed by atoms with Crippen molar-refractivity contribution in [2.45, 2.75) is 6.54 Å². The quantitative estimate of drug-likeness (QED) is 0.476. The molecule has 4 aromatic rings. The highest BCUT2D eigenvalue weighted by Gasteiger charge is 2.10. The van der Waals surface area contributed by atoms with Gasteiger partial charge >= 0.3 is 0 Å². The summed E-state index contributed by atoms with van der Waals surface area (Å²) in [6, 6.07) is 23.9. The first-order chi connectivity index (χ1) is 14.8. The van der Waals surface area contributed by atoms with Gasteiger partial charge < -0.3 is 15.4 Å². The molecule has 7 heteroatoms. The molecule has 30 heavy (non-hydrogen) atoms. The Morgan fingerprint density at radius 3 is 2.37 bits per heavy atom. The zero-order valence-electron chi connectivity index (χ0n) is 16.0. The summed E-state index contributed by atoms with van der Waals surface area (Å²) in [4.78, 5) is 25.0. The number of carbonyl (C=O) groups is 1. The van der Waals surface area contributed by atoms with Crippen molar-refractivity contribution in [1.29, 1.82) is 0 Å². The molecular weight excluding hydrogens is 378 g/mol. The van der Waals surface area contributed by atoms with Gasteiger partial charge in [-0.15, -0.1) is 0 Å². The number of carbonyl (C=O) groups excluding carboxylic acids is 1. The average Bonchev–Trinajstić information content (AvgIpc) is 2.80. The van der Waals surface area contributed by atoms with Crippen LogP contribution in [0.1, 0.15) is 16.2 Å². The Bertz CT molecular complexity index is 1100. The summed E-state index contributed by atoms with van der Waals surface area (Å²) >= 11 is 0. The Kier molecular flexibility index (Phi) is 5.91. The number of nitrogens with one attached hydrogen (secondary N) is 2. The maximum Gasteiger partial charge on any atom is 0.274 e. The second-order valence-corrected chi connectivity index (χ2v) is 6.36. The molecule has 0 aliphatic carbocycles. The summed E-state index contributed by atoms with van der Waals surface area (Å²) in [7, 11) is 0. The molecule has 2 aromatic carbocycles. The first-order valence-electron chi connectivity index (χ1n) is 9.36. The van der Waals surface area contributed by atoms with E-state index >= 15 is 0 Å². The minimum atomic E-state index is -0.324. The van der Waals surface area contributed by atoms with Gasteiger partial charge in [0.15, 0.2) is 0 Å². The minimum Gasteiger partial charge on any atom is -0.457 e. The molecule has 0 aliphatic heterocycles. The van der Waals surface area contributed by atoms with Crippen molar-refractivity contribution < 1.29 is 9.53 Å². The molecule has 2 N–H and O–H groups in total. The lowest BCUT2D eigenvalue weighted by molar-refractivity contribution is 0.102. The van der Waals surface area contributed by atoms with Gasteiger partial charge in [-0.2, -0.15) is 0 Å². The van der Waals surface area contributed by atoms with Gasteiger partial charge in [0, 0.05) is 18.0 Å². The smallest absolute Gasteiger partial charge is 0.274 e. The minimum absolute atomic E-state index is 0.262. The maximum absolute atomic E-state index is 12.5. The van der Waals surface area contributed by atoms with Crippen LogP contribution in [-0.2, 0) is 6.54 Å². The molecule has 0 fully saturated rings. The van der Waals surface area contributed by atoms with Crippen molar-refractivity contribution in [2.75, 3.05) is 10.6 Å². The first-order valence-corrected chi connectivity index (χ1v) is 9.36. The number of para-hydroxylation sites is 1. The third kappa shape index (κ3) is 5.17. The summed E-state index contributed by atoms with van der Waals surface area (Å²) in [5.41, 5.74) is 1.78. The molecule has 1 amide bonds. The molecule has 0 unspecified atom stereocenters. The third-order valence-electron chi connectivity index (χ3n) is 4.17. The van der Waals surface area contributed by atoms with Gasteiger partial charge in [0.1, 0.15) is 29.3 Å². The number of hydrogen-bond acceptors (Lipinski definition) is 6. The monoisotopic (exact) mass is 397 g/mol. The number of anilines is 2. The molecule has 0 radical (unpaired) electrons. The number of amides is 1. The molecule has 7 nitrogen and oxygen atoms in total. The van der Waals surface area contributed by atoms with E-state index in [1.165, 1.54) is 6.33 Å². The Balaban J connectivity index is 1.36. The number of hydrogen-bond donors (Lipinski definition) is 2. The molecule has 0 saturated carbocycles. The second kappa shape index (κ2) is 9.29. The zero-order chi connectivity index (χ0) is 20.6. The van der Waals surface area contributed by atoms with E-state index in [-0.39, 0.29) is 11.6 Å². The van der Waals surface area contributed by atoms with Crippen molar-refractivity contribution in [2.24, 2.45) is 0 Å². The Morgan fingerprint density at radius 1 is 0.833 bits per heavy atom. The number of nitrogens with zero attached hydrogens (tertiary/aromatic N) is 3. The van der Waals surface area contributed by atoms with Gasteiger partial charge in [-0.05, 0) is 48.5 Å². The van der Waals surface area contributed by atoms with Crippen LogP contribution in [0.25, 0.3) is 0 Å². The number of pyridine rings is 1. The lowest BCUT2D eigenvalue weighted by Crippen LogP contribution is -2.14. The number of aromatic nitrogens is 3. The van der Waals surface area contributed by atoms with Crippen LogP contribution in [0.4, 0.5) is 11.5 Å². The third-order valence-corrected chi connectivity index (χ3v) is 4.17. The van der Waals surface area contributed by atoms with Gasteiger partial charge in [-0.1, -0.05) is 24.3 Å². The van der Waals surface area contributed by atoms with Crippen molar-refractivity contribution in [1.82, 2.24) is 15.0 Å². The van der Waals surface area contributed by atoms with E-state index in [9.17, 15) is 4.79 Å². The van der Waals surface area contributed by atoms with Crippen LogP contribution in [-0.4, -0.2) is 20.9 Å². The second-order valence-electron chi connectivity index (χ2n) is 6.36. The highest BCUT2D eigenvalue weighted by atomic mass is 16.5. The molecule has 0 spiro atoms. The van der Waals surface area contributed by atoms with Gasteiger partial charge in [-0.3, -0.25) is 9.78 Å². The topological polar surface area (TPSA) is 89.0 Å². The van der Waals surface area contributed by atoms with Crippen molar-refractivity contribution in [3.05, 3.63) is 103 Å².